The lowest BCUT2D eigenvalue weighted by Crippen LogP contribution is -2.30. The third-order valence-electron chi connectivity index (χ3n) is 4.25. The van der Waals surface area contributed by atoms with Gasteiger partial charge in [-0.2, -0.15) is 13.2 Å². The minimum absolute atomic E-state index is 0.0133. The number of aromatic nitrogens is 1. The molecule has 152 valence electrons. The molecule has 0 saturated carbocycles. The van der Waals surface area contributed by atoms with Gasteiger partial charge in [-0.15, -0.1) is 0 Å². The van der Waals surface area contributed by atoms with E-state index in [4.69, 9.17) is 11.6 Å². The number of likely N-dealkylation sites (N-methyl/N-ethyl adjacent to an activating group) is 1. The van der Waals surface area contributed by atoms with E-state index in [2.05, 4.69) is 10.3 Å². The van der Waals surface area contributed by atoms with E-state index < -0.39 is 22.7 Å². The molecule has 5 nitrogen and oxygen atoms in total. The minimum atomic E-state index is -4.61. The van der Waals surface area contributed by atoms with Crippen molar-refractivity contribution in [2.45, 2.75) is 12.7 Å². The van der Waals surface area contributed by atoms with Gasteiger partial charge in [0.05, 0.1) is 17.1 Å². The molecule has 2 aromatic carbocycles. The number of phenolic OH excluding ortho intramolecular Hbond substituents is 1. The number of anilines is 1. The zero-order chi connectivity index (χ0) is 21.2. The number of nitrogens with one attached hydrogen (secondary N) is 1. The number of fused-ring (bicyclic) bond motifs is 1. The standard InChI is InChI=1S/C20H17ClF3N3O2/c1-27(10-12-4-7-17(28)19-14(12)3-2-8-25-19)11-18(29)26-13-5-6-16(21)15(9-13)20(22,23)24/h2-9,28H,10-11H2,1H3,(H,26,29). The molecule has 29 heavy (non-hydrogen) atoms. The van der Waals surface area contributed by atoms with Crippen molar-refractivity contribution in [1.29, 1.82) is 0 Å². The van der Waals surface area contributed by atoms with Crippen molar-refractivity contribution < 1.29 is 23.1 Å². The summed E-state index contributed by atoms with van der Waals surface area (Å²) in [5, 5.41) is 12.7. The number of halogens is 4. The summed E-state index contributed by atoms with van der Waals surface area (Å²) in [6, 6.07) is 10.1. The van der Waals surface area contributed by atoms with Gasteiger partial charge in [-0.3, -0.25) is 14.7 Å². The first-order chi connectivity index (χ1) is 13.6. The molecule has 0 spiro atoms. The van der Waals surface area contributed by atoms with E-state index in [9.17, 15) is 23.1 Å². The third-order valence-corrected chi connectivity index (χ3v) is 4.58. The van der Waals surface area contributed by atoms with Crippen LogP contribution in [0.4, 0.5) is 18.9 Å². The summed E-state index contributed by atoms with van der Waals surface area (Å²) in [4.78, 5) is 18.1. The fourth-order valence-electron chi connectivity index (χ4n) is 2.97. The van der Waals surface area contributed by atoms with Crippen LogP contribution in [0, 0.1) is 0 Å². The summed E-state index contributed by atoms with van der Waals surface area (Å²) >= 11 is 5.59. The lowest BCUT2D eigenvalue weighted by atomic mass is 10.1. The number of phenols is 1. The van der Waals surface area contributed by atoms with Gasteiger partial charge < -0.3 is 10.4 Å². The lowest BCUT2D eigenvalue weighted by molar-refractivity contribution is -0.137. The average molecular weight is 424 g/mol. The molecule has 0 bridgehead atoms. The molecule has 0 aliphatic heterocycles. The van der Waals surface area contributed by atoms with Gasteiger partial charge in [-0.1, -0.05) is 23.7 Å². The van der Waals surface area contributed by atoms with Crippen LogP contribution in [0.5, 0.6) is 5.75 Å². The van der Waals surface area contributed by atoms with E-state index >= 15 is 0 Å². The molecule has 1 heterocycles. The summed E-state index contributed by atoms with van der Waals surface area (Å²) in [6.45, 7) is 0.330. The summed E-state index contributed by atoms with van der Waals surface area (Å²) in [7, 11) is 1.71. The maximum atomic E-state index is 12.9. The number of rotatable bonds is 5. The number of hydrogen-bond acceptors (Lipinski definition) is 4. The topological polar surface area (TPSA) is 65.5 Å². The SMILES string of the molecule is CN(CC(=O)Nc1ccc(Cl)c(C(F)(F)F)c1)Cc1ccc(O)c2ncccc12. The van der Waals surface area contributed by atoms with Crippen LogP contribution < -0.4 is 5.32 Å². The number of nitrogens with zero attached hydrogens (tertiary/aromatic N) is 2. The predicted molar refractivity (Wildman–Crippen MR) is 105 cm³/mol. The van der Waals surface area contributed by atoms with Gasteiger partial charge in [0.15, 0.2) is 0 Å². The van der Waals surface area contributed by atoms with Crippen molar-refractivity contribution in [2.75, 3.05) is 18.9 Å². The second kappa shape index (κ2) is 8.26. The molecule has 3 aromatic rings. The maximum Gasteiger partial charge on any atom is 0.417 e. The van der Waals surface area contributed by atoms with Crippen molar-refractivity contribution in [2.24, 2.45) is 0 Å². The van der Waals surface area contributed by atoms with Gasteiger partial charge in [0.25, 0.3) is 0 Å². The molecule has 0 saturated heterocycles. The molecular formula is C20H17ClF3N3O2. The Bertz CT molecular complexity index is 1060. The Labute approximate surface area is 169 Å². The smallest absolute Gasteiger partial charge is 0.417 e. The Hall–Kier alpha value is -2.84. The molecule has 0 aliphatic carbocycles. The average Bonchev–Trinajstić information content (AvgIpc) is 2.65. The number of hydrogen-bond donors (Lipinski definition) is 2. The van der Waals surface area contributed by atoms with Gasteiger partial charge in [-0.05, 0) is 42.9 Å². The Morgan fingerprint density at radius 1 is 1.24 bits per heavy atom. The van der Waals surface area contributed by atoms with Crippen LogP contribution in [0.3, 0.4) is 0 Å². The predicted octanol–water partition coefficient (Wildman–Crippen LogP) is 4.68. The zero-order valence-electron chi connectivity index (χ0n) is 15.3. The summed E-state index contributed by atoms with van der Waals surface area (Å²) in [5.74, 6) is -0.405. The highest BCUT2D eigenvalue weighted by atomic mass is 35.5. The Morgan fingerprint density at radius 2 is 2.00 bits per heavy atom. The number of amides is 1. The number of alkyl halides is 3. The molecule has 0 atom stereocenters. The van der Waals surface area contributed by atoms with Crippen LogP contribution in [0.1, 0.15) is 11.1 Å². The molecule has 0 fully saturated rings. The van der Waals surface area contributed by atoms with Crippen LogP contribution >= 0.6 is 11.6 Å². The maximum absolute atomic E-state index is 12.9. The van der Waals surface area contributed by atoms with Crippen molar-refractivity contribution >= 4 is 34.1 Å². The summed E-state index contributed by atoms with van der Waals surface area (Å²) < 4.78 is 38.8. The molecule has 1 aromatic heterocycles. The van der Waals surface area contributed by atoms with Gasteiger partial charge in [-0.25, -0.2) is 0 Å². The second-order valence-electron chi connectivity index (χ2n) is 6.56. The molecule has 3 rings (SSSR count). The quantitative estimate of drug-likeness (QED) is 0.625. The highest BCUT2D eigenvalue weighted by Crippen LogP contribution is 2.36. The van der Waals surface area contributed by atoms with E-state index in [1.165, 1.54) is 12.1 Å². The van der Waals surface area contributed by atoms with Crippen LogP contribution in [-0.2, 0) is 17.5 Å². The van der Waals surface area contributed by atoms with E-state index in [1.54, 1.807) is 30.3 Å². The molecular weight excluding hydrogens is 407 g/mol. The Morgan fingerprint density at radius 3 is 2.72 bits per heavy atom. The van der Waals surface area contributed by atoms with Crippen LogP contribution in [-0.4, -0.2) is 34.5 Å². The highest BCUT2D eigenvalue weighted by Gasteiger charge is 2.33. The van der Waals surface area contributed by atoms with Crippen LogP contribution in [0.25, 0.3) is 10.9 Å². The monoisotopic (exact) mass is 423 g/mol. The van der Waals surface area contributed by atoms with Crippen LogP contribution in [0.2, 0.25) is 5.02 Å². The summed E-state index contributed by atoms with van der Waals surface area (Å²) in [5.41, 5.74) is 0.323. The lowest BCUT2D eigenvalue weighted by Gasteiger charge is -2.18. The number of pyridine rings is 1. The Balaban J connectivity index is 1.69. The normalized spacial score (nSPS) is 11.8. The number of aromatic hydroxyl groups is 1. The Kier molecular flexibility index (Phi) is 5.95. The van der Waals surface area contributed by atoms with E-state index in [0.29, 0.717) is 12.1 Å². The van der Waals surface area contributed by atoms with Crippen molar-refractivity contribution in [3.05, 3.63) is 64.8 Å². The highest BCUT2D eigenvalue weighted by molar-refractivity contribution is 6.31. The molecule has 9 heteroatoms. The van der Waals surface area contributed by atoms with E-state index in [-0.39, 0.29) is 18.0 Å². The first-order valence-corrected chi connectivity index (χ1v) is 8.93. The zero-order valence-corrected chi connectivity index (χ0v) is 16.1. The van der Waals surface area contributed by atoms with Gasteiger partial charge in [0.1, 0.15) is 11.3 Å². The van der Waals surface area contributed by atoms with E-state index in [1.807, 2.05) is 6.07 Å². The van der Waals surface area contributed by atoms with Crippen molar-refractivity contribution in [1.82, 2.24) is 9.88 Å². The molecule has 0 unspecified atom stereocenters. The third kappa shape index (κ3) is 4.96. The van der Waals surface area contributed by atoms with Crippen molar-refractivity contribution in [3.63, 3.8) is 0 Å². The van der Waals surface area contributed by atoms with Gasteiger partial charge >= 0.3 is 6.18 Å². The fourth-order valence-corrected chi connectivity index (χ4v) is 3.19. The van der Waals surface area contributed by atoms with Gasteiger partial charge in [0, 0.05) is 23.8 Å². The number of carbonyl (C=O) groups excluding carboxylic acids is 1. The molecule has 0 aliphatic rings. The van der Waals surface area contributed by atoms with Gasteiger partial charge in [0.2, 0.25) is 5.91 Å². The number of carbonyl (C=O) groups is 1. The minimum Gasteiger partial charge on any atom is -0.506 e. The first-order valence-electron chi connectivity index (χ1n) is 8.56. The number of benzene rings is 2. The second-order valence-corrected chi connectivity index (χ2v) is 6.96. The molecule has 0 radical (unpaired) electrons. The molecule has 2 N–H and O–H groups in total. The largest absolute Gasteiger partial charge is 0.506 e. The van der Waals surface area contributed by atoms with Crippen molar-refractivity contribution in [3.8, 4) is 5.75 Å². The molecule has 1 amide bonds. The summed E-state index contributed by atoms with van der Waals surface area (Å²) in [6.07, 6.45) is -3.03. The van der Waals surface area contributed by atoms with Crippen LogP contribution in [0.15, 0.2) is 48.7 Å². The fraction of sp³-hybridized carbons (Fsp3) is 0.200. The first kappa shape index (κ1) is 20.9. The van der Waals surface area contributed by atoms with E-state index in [0.717, 1.165) is 23.1 Å².